The highest BCUT2D eigenvalue weighted by molar-refractivity contribution is 7.07. The first-order chi connectivity index (χ1) is 15.1. The Labute approximate surface area is 186 Å². The smallest absolute Gasteiger partial charge is 0.220 e. The van der Waals surface area contributed by atoms with Crippen molar-refractivity contribution in [1.29, 1.82) is 0 Å². The van der Waals surface area contributed by atoms with Gasteiger partial charge in [-0.3, -0.25) is 9.59 Å². The summed E-state index contributed by atoms with van der Waals surface area (Å²) in [5.41, 5.74) is 1.99. The van der Waals surface area contributed by atoms with E-state index in [1.165, 1.54) is 5.56 Å². The molecule has 3 heterocycles. The van der Waals surface area contributed by atoms with Gasteiger partial charge in [-0.1, -0.05) is 30.3 Å². The lowest BCUT2D eigenvalue weighted by molar-refractivity contribution is -0.123. The zero-order valence-corrected chi connectivity index (χ0v) is 18.3. The molecule has 2 amide bonds. The molecule has 6 nitrogen and oxygen atoms in total. The number of benzene rings is 1. The van der Waals surface area contributed by atoms with Gasteiger partial charge in [0.2, 0.25) is 11.8 Å². The summed E-state index contributed by atoms with van der Waals surface area (Å²) in [5, 5.41) is 10.6. The maximum Gasteiger partial charge on any atom is 0.220 e. The molecule has 0 radical (unpaired) electrons. The van der Waals surface area contributed by atoms with Crippen LogP contribution >= 0.6 is 11.3 Å². The van der Waals surface area contributed by atoms with E-state index in [9.17, 15) is 9.59 Å². The van der Waals surface area contributed by atoms with Crippen LogP contribution in [0.2, 0.25) is 0 Å². The van der Waals surface area contributed by atoms with E-state index >= 15 is 0 Å². The summed E-state index contributed by atoms with van der Waals surface area (Å²) in [6.07, 6.45) is 9.38. The normalized spacial score (nSPS) is 19.2. The lowest BCUT2D eigenvalue weighted by Crippen LogP contribution is -2.44. The minimum atomic E-state index is -0.325. The minimum Gasteiger partial charge on any atom is -0.350 e. The predicted molar refractivity (Wildman–Crippen MR) is 122 cm³/mol. The molecule has 2 aromatic heterocycles. The SMILES string of the molecule is O=C(CC[C@]1(Cc2ccsc2)CCC(=O)N1)N[C@@H](CCn1ccnc1)c1ccccc1. The zero-order chi connectivity index (χ0) is 21.5. The van der Waals surface area contributed by atoms with E-state index in [4.69, 9.17) is 0 Å². The zero-order valence-electron chi connectivity index (χ0n) is 17.5. The average molecular weight is 437 g/mol. The molecule has 1 aliphatic rings. The van der Waals surface area contributed by atoms with Gasteiger partial charge in [0.05, 0.1) is 12.4 Å². The highest BCUT2D eigenvalue weighted by Crippen LogP contribution is 2.30. The Morgan fingerprint density at radius 2 is 2.16 bits per heavy atom. The van der Waals surface area contributed by atoms with Gasteiger partial charge in [0.15, 0.2) is 0 Å². The van der Waals surface area contributed by atoms with Gasteiger partial charge in [0, 0.05) is 37.3 Å². The Kier molecular flexibility index (Phi) is 6.82. The number of amides is 2. The van der Waals surface area contributed by atoms with Crippen LogP contribution in [0.25, 0.3) is 0 Å². The van der Waals surface area contributed by atoms with Crippen LogP contribution in [0.4, 0.5) is 0 Å². The molecular weight excluding hydrogens is 408 g/mol. The molecule has 7 heteroatoms. The van der Waals surface area contributed by atoms with E-state index in [0.29, 0.717) is 19.3 Å². The summed E-state index contributed by atoms with van der Waals surface area (Å²) in [6, 6.07) is 12.1. The molecule has 1 fully saturated rings. The Bertz CT molecular complexity index is 972. The van der Waals surface area contributed by atoms with Crippen LogP contribution < -0.4 is 10.6 Å². The number of aryl methyl sites for hydroxylation is 1. The predicted octanol–water partition coefficient (Wildman–Crippen LogP) is 3.86. The number of carbonyl (C=O) groups is 2. The molecule has 1 saturated heterocycles. The van der Waals surface area contributed by atoms with Gasteiger partial charge < -0.3 is 15.2 Å². The van der Waals surface area contributed by atoms with Crippen molar-refractivity contribution in [1.82, 2.24) is 20.2 Å². The fourth-order valence-corrected chi connectivity index (χ4v) is 4.96. The van der Waals surface area contributed by atoms with Crippen LogP contribution in [0.5, 0.6) is 0 Å². The topological polar surface area (TPSA) is 76.0 Å². The van der Waals surface area contributed by atoms with Gasteiger partial charge in [-0.05, 0) is 53.6 Å². The first-order valence-corrected chi connectivity index (χ1v) is 11.7. The summed E-state index contributed by atoms with van der Waals surface area (Å²) in [4.78, 5) is 29.0. The average Bonchev–Trinajstić information content (AvgIpc) is 3.54. The van der Waals surface area contributed by atoms with E-state index < -0.39 is 0 Å². The van der Waals surface area contributed by atoms with Crippen molar-refractivity contribution in [3.63, 3.8) is 0 Å². The quantitative estimate of drug-likeness (QED) is 0.507. The van der Waals surface area contributed by atoms with Gasteiger partial charge in [-0.25, -0.2) is 4.98 Å². The van der Waals surface area contributed by atoms with Crippen molar-refractivity contribution in [3.05, 3.63) is 77.0 Å². The van der Waals surface area contributed by atoms with Crippen LogP contribution in [0, 0.1) is 0 Å². The van der Waals surface area contributed by atoms with E-state index in [1.807, 2.05) is 41.1 Å². The molecule has 0 spiro atoms. The maximum absolute atomic E-state index is 12.9. The van der Waals surface area contributed by atoms with Crippen molar-refractivity contribution in [2.24, 2.45) is 0 Å². The lowest BCUT2D eigenvalue weighted by atomic mass is 9.85. The highest BCUT2D eigenvalue weighted by Gasteiger charge is 2.38. The molecule has 4 rings (SSSR count). The number of carbonyl (C=O) groups excluding carboxylic acids is 2. The number of thiophene rings is 1. The molecule has 1 aliphatic heterocycles. The van der Waals surface area contributed by atoms with Gasteiger partial charge in [-0.2, -0.15) is 11.3 Å². The molecule has 0 aliphatic carbocycles. The molecule has 2 N–H and O–H groups in total. The van der Waals surface area contributed by atoms with Crippen LogP contribution in [-0.2, 0) is 22.6 Å². The number of imidazole rings is 1. The summed E-state index contributed by atoms with van der Waals surface area (Å²) in [5.74, 6) is 0.100. The van der Waals surface area contributed by atoms with Crippen molar-refractivity contribution in [3.8, 4) is 0 Å². The summed E-state index contributed by atoms with van der Waals surface area (Å²) in [7, 11) is 0. The number of nitrogens with one attached hydrogen (secondary N) is 2. The number of rotatable bonds is 10. The Hall–Kier alpha value is -2.93. The molecular formula is C24H28N4O2S. The summed E-state index contributed by atoms with van der Waals surface area (Å²) >= 11 is 1.66. The second kappa shape index (κ2) is 9.92. The van der Waals surface area contributed by atoms with Gasteiger partial charge in [-0.15, -0.1) is 0 Å². The van der Waals surface area contributed by atoms with E-state index in [0.717, 1.165) is 31.4 Å². The molecule has 0 saturated carbocycles. The number of hydrogen-bond donors (Lipinski definition) is 2. The Morgan fingerprint density at radius 1 is 1.29 bits per heavy atom. The van der Waals surface area contributed by atoms with Crippen molar-refractivity contribution in [2.75, 3.05) is 0 Å². The highest BCUT2D eigenvalue weighted by atomic mass is 32.1. The van der Waals surface area contributed by atoms with E-state index in [1.54, 1.807) is 23.9 Å². The first-order valence-electron chi connectivity index (χ1n) is 10.7. The minimum absolute atomic E-state index is 0.0188. The monoisotopic (exact) mass is 436 g/mol. The molecule has 0 bridgehead atoms. The maximum atomic E-state index is 12.9. The Morgan fingerprint density at radius 3 is 2.84 bits per heavy atom. The number of aromatic nitrogens is 2. The lowest BCUT2D eigenvalue weighted by Gasteiger charge is -2.29. The second-order valence-electron chi connectivity index (χ2n) is 8.26. The van der Waals surface area contributed by atoms with Crippen LogP contribution in [0.15, 0.2) is 65.9 Å². The molecule has 31 heavy (non-hydrogen) atoms. The van der Waals surface area contributed by atoms with Crippen LogP contribution in [-0.4, -0.2) is 26.9 Å². The fourth-order valence-electron chi connectivity index (χ4n) is 4.29. The molecule has 0 unspecified atom stereocenters. The van der Waals surface area contributed by atoms with Gasteiger partial charge in [0.1, 0.15) is 0 Å². The number of hydrogen-bond acceptors (Lipinski definition) is 4. The van der Waals surface area contributed by atoms with Gasteiger partial charge >= 0.3 is 0 Å². The van der Waals surface area contributed by atoms with E-state index in [2.05, 4.69) is 32.4 Å². The van der Waals surface area contributed by atoms with E-state index in [-0.39, 0.29) is 23.4 Å². The third kappa shape index (κ3) is 5.82. The summed E-state index contributed by atoms with van der Waals surface area (Å²) in [6.45, 7) is 0.776. The summed E-state index contributed by atoms with van der Waals surface area (Å²) < 4.78 is 2.02. The van der Waals surface area contributed by atoms with Crippen LogP contribution in [0.3, 0.4) is 0 Å². The molecule has 162 valence electrons. The largest absolute Gasteiger partial charge is 0.350 e. The third-order valence-electron chi connectivity index (χ3n) is 5.96. The van der Waals surface area contributed by atoms with Gasteiger partial charge in [0.25, 0.3) is 0 Å². The second-order valence-corrected chi connectivity index (χ2v) is 9.04. The number of nitrogens with zero attached hydrogens (tertiary/aromatic N) is 2. The molecule has 2 atom stereocenters. The van der Waals surface area contributed by atoms with Crippen LogP contribution in [0.1, 0.15) is 49.3 Å². The third-order valence-corrected chi connectivity index (χ3v) is 6.69. The van der Waals surface area contributed by atoms with Crippen molar-refractivity contribution < 1.29 is 9.59 Å². The van der Waals surface area contributed by atoms with Crippen molar-refractivity contribution in [2.45, 2.75) is 56.7 Å². The molecule has 3 aromatic rings. The Balaban J connectivity index is 1.38. The standard InChI is InChI=1S/C24H28N4O2S/c29-22(6-10-24(11-7-23(30)27-24)16-19-9-15-31-17-19)26-21(20-4-2-1-3-5-20)8-13-28-14-12-25-18-28/h1-5,9,12,14-15,17-18,21H,6-8,10-11,13,16H2,(H,26,29)(H,27,30)/t21-,24+/m0/s1. The molecule has 1 aromatic carbocycles. The van der Waals surface area contributed by atoms with Crippen molar-refractivity contribution >= 4 is 23.2 Å². The first kappa shape index (κ1) is 21.3. The fraction of sp³-hybridized carbons (Fsp3) is 0.375.